The normalized spacial score (nSPS) is 12.4. The summed E-state index contributed by atoms with van der Waals surface area (Å²) in [6.07, 6.45) is 2.54. The lowest BCUT2D eigenvalue weighted by Gasteiger charge is -2.15. The fourth-order valence-corrected chi connectivity index (χ4v) is 1.83. The Kier molecular flexibility index (Phi) is 3.96. The van der Waals surface area contributed by atoms with Crippen molar-refractivity contribution in [2.24, 2.45) is 5.84 Å². The Morgan fingerprint density at radius 3 is 2.89 bits per heavy atom. The van der Waals surface area contributed by atoms with Gasteiger partial charge in [-0.25, -0.2) is 5.43 Å². The number of hydrogen-bond acceptors (Lipinski definition) is 5. The van der Waals surface area contributed by atoms with Gasteiger partial charge in [-0.05, 0) is 24.3 Å². The third-order valence-corrected chi connectivity index (χ3v) is 2.78. The Morgan fingerprint density at radius 1 is 1.44 bits per heavy atom. The molecule has 0 aliphatic rings. The van der Waals surface area contributed by atoms with Crippen molar-refractivity contribution in [2.45, 2.75) is 19.4 Å². The molecule has 0 spiro atoms. The Bertz CT molecular complexity index is 510. The van der Waals surface area contributed by atoms with Crippen molar-refractivity contribution in [1.82, 2.24) is 10.4 Å². The van der Waals surface area contributed by atoms with E-state index in [2.05, 4.69) is 10.4 Å². The molecule has 1 unspecified atom stereocenters. The summed E-state index contributed by atoms with van der Waals surface area (Å²) in [5.41, 5.74) is 3.42. The maximum absolute atomic E-state index is 5.70. The Balaban J connectivity index is 2.38. The number of furan rings is 1. The molecule has 0 aliphatic heterocycles. The van der Waals surface area contributed by atoms with Crippen LogP contribution in [-0.4, -0.2) is 12.1 Å². The number of pyridine rings is 1. The number of rotatable bonds is 5. The van der Waals surface area contributed by atoms with E-state index < -0.39 is 0 Å². The van der Waals surface area contributed by atoms with E-state index in [0.717, 1.165) is 17.9 Å². The zero-order valence-corrected chi connectivity index (χ0v) is 10.5. The molecular formula is C13H17N3O2. The van der Waals surface area contributed by atoms with Crippen molar-refractivity contribution in [2.75, 3.05) is 7.11 Å². The summed E-state index contributed by atoms with van der Waals surface area (Å²) in [6.45, 7) is 2.04. The summed E-state index contributed by atoms with van der Waals surface area (Å²) in [5.74, 6) is 7.93. The van der Waals surface area contributed by atoms with E-state index in [-0.39, 0.29) is 6.04 Å². The van der Waals surface area contributed by atoms with Crippen LogP contribution in [0.4, 0.5) is 0 Å². The molecule has 0 fully saturated rings. The lowest BCUT2D eigenvalue weighted by molar-refractivity contribution is 0.383. The Labute approximate surface area is 106 Å². The quantitative estimate of drug-likeness (QED) is 0.622. The van der Waals surface area contributed by atoms with E-state index in [1.54, 1.807) is 13.3 Å². The van der Waals surface area contributed by atoms with Crippen molar-refractivity contribution in [1.29, 1.82) is 0 Å². The van der Waals surface area contributed by atoms with Crippen LogP contribution in [0.5, 0.6) is 5.75 Å². The fraction of sp³-hybridized carbons (Fsp3) is 0.308. The highest BCUT2D eigenvalue weighted by atomic mass is 16.5. The molecule has 2 aromatic heterocycles. The Hall–Kier alpha value is -1.85. The van der Waals surface area contributed by atoms with Crippen LogP contribution in [0.1, 0.15) is 30.2 Å². The number of hydrogen-bond donors (Lipinski definition) is 2. The summed E-state index contributed by atoms with van der Waals surface area (Å²) in [4.78, 5) is 4.30. The highest BCUT2D eigenvalue weighted by Crippen LogP contribution is 2.28. The predicted octanol–water partition coefficient (Wildman–Crippen LogP) is 1.80. The third kappa shape index (κ3) is 2.37. The zero-order chi connectivity index (χ0) is 13.0. The maximum atomic E-state index is 5.70. The molecular weight excluding hydrogens is 230 g/mol. The van der Waals surface area contributed by atoms with Gasteiger partial charge in [0, 0.05) is 12.6 Å². The smallest absolute Gasteiger partial charge is 0.142 e. The second kappa shape index (κ2) is 5.66. The first-order chi connectivity index (χ1) is 8.80. The average molecular weight is 247 g/mol. The molecule has 3 N–H and O–H groups in total. The largest absolute Gasteiger partial charge is 0.495 e. The van der Waals surface area contributed by atoms with Gasteiger partial charge in [0.15, 0.2) is 0 Å². The second-order valence-corrected chi connectivity index (χ2v) is 3.85. The van der Waals surface area contributed by atoms with Crippen molar-refractivity contribution in [3.63, 3.8) is 0 Å². The number of nitrogens with one attached hydrogen (secondary N) is 1. The molecule has 0 radical (unpaired) electrons. The number of nitrogens with zero attached hydrogens (tertiary/aromatic N) is 1. The number of aromatic nitrogens is 1. The van der Waals surface area contributed by atoms with Crippen LogP contribution in [0.2, 0.25) is 0 Å². The molecule has 5 heteroatoms. The van der Waals surface area contributed by atoms with Crippen molar-refractivity contribution >= 4 is 0 Å². The van der Waals surface area contributed by atoms with Crippen LogP contribution >= 0.6 is 0 Å². The predicted molar refractivity (Wildman–Crippen MR) is 68.0 cm³/mol. The molecule has 2 rings (SSSR count). The van der Waals surface area contributed by atoms with E-state index >= 15 is 0 Å². The van der Waals surface area contributed by atoms with Crippen LogP contribution in [0.15, 0.2) is 34.9 Å². The third-order valence-electron chi connectivity index (χ3n) is 2.78. The second-order valence-electron chi connectivity index (χ2n) is 3.85. The first kappa shape index (κ1) is 12.6. The minimum Gasteiger partial charge on any atom is -0.495 e. The molecule has 5 nitrogen and oxygen atoms in total. The summed E-state index contributed by atoms with van der Waals surface area (Å²) in [5, 5.41) is 0. The van der Waals surface area contributed by atoms with Gasteiger partial charge in [0.1, 0.15) is 29.0 Å². The van der Waals surface area contributed by atoms with Gasteiger partial charge in [-0.15, -0.1) is 0 Å². The lowest BCUT2D eigenvalue weighted by atomic mass is 10.1. The van der Waals surface area contributed by atoms with Crippen LogP contribution in [0, 0.1) is 0 Å². The van der Waals surface area contributed by atoms with Gasteiger partial charge >= 0.3 is 0 Å². The highest BCUT2D eigenvalue weighted by molar-refractivity contribution is 5.34. The molecule has 0 amide bonds. The minimum absolute atomic E-state index is 0.318. The summed E-state index contributed by atoms with van der Waals surface area (Å²) >= 11 is 0. The van der Waals surface area contributed by atoms with Gasteiger partial charge in [0.05, 0.1) is 7.11 Å². The van der Waals surface area contributed by atoms with E-state index in [9.17, 15) is 0 Å². The summed E-state index contributed by atoms with van der Waals surface area (Å²) < 4.78 is 11.0. The van der Waals surface area contributed by atoms with Gasteiger partial charge in [0.25, 0.3) is 0 Å². The first-order valence-electron chi connectivity index (χ1n) is 5.83. The molecule has 2 aromatic rings. The Morgan fingerprint density at radius 2 is 2.28 bits per heavy atom. The van der Waals surface area contributed by atoms with Gasteiger partial charge in [-0.2, -0.15) is 0 Å². The molecule has 96 valence electrons. The van der Waals surface area contributed by atoms with Crippen molar-refractivity contribution in [3.8, 4) is 5.75 Å². The number of hydrazine groups is 1. The molecule has 18 heavy (non-hydrogen) atoms. The van der Waals surface area contributed by atoms with Gasteiger partial charge in [-0.3, -0.25) is 10.8 Å². The minimum atomic E-state index is -0.318. The first-order valence-corrected chi connectivity index (χ1v) is 5.83. The van der Waals surface area contributed by atoms with Crippen LogP contribution in [-0.2, 0) is 6.42 Å². The van der Waals surface area contributed by atoms with Gasteiger partial charge in [0.2, 0.25) is 0 Å². The standard InChI is InChI=1S/C13H17N3O2/c1-3-9-6-7-11(18-9)13(16-14)12-10(17-2)5-4-8-15-12/h4-8,13,16H,3,14H2,1-2H3. The summed E-state index contributed by atoms with van der Waals surface area (Å²) in [7, 11) is 1.60. The van der Waals surface area contributed by atoms with Crippen molar-refractivity contribution < 1.29 is 9.15 Å². The monoisotopic (exact) mass is 247 g/mol. The highest BCUT2D eigenvalue weighted by Gasteiger charge is 2.21. The van der Waals surface area contributed by atoms with E-state index in [4.69, 9.17) is 15.0 Å². The zero-order valence-electron chi connectivity index (χ0n) is 10.5. The number of methoxy groups -OCH3 is 1. The number of ether oxygens (including phenoxy) is 1. The van der Waals surface area contributed by atoms with Crippen LogP contribution in [0.3, 0.4) is 0 Å². The molecule has 0 saturated carbocycles. The average Bonchev–Trinajstić information content (AvgIpc) is 2.89. The topological polar surface area (TPSA) is 73.3 Å². The molecule has 2 heterocycles. The molecule has 0 saturated heterocycles. The molecule has 0 aliphatic carbocycles. The maximum Gasteiger partial charge on any atom is 0.142 e. The van der Waals surface area contributed by atoms with Crippen LogP contribution < -0.4 is 16.0 Å². The fourth-order valence-electron chi connectivity index (χ4n) is 1.83. The van der Waals surface area contributed by atoms with Crippen molar-refractivity contribution in [3.05, 3.63) is 47.7 Å². The number of nitrogens with two attached hydrogens (primary N) is 1. The van der Waals surface area contributed by atoms with Gasteiger partial charge in [-0.1, -0.05) is 6.92 Å². The SMILES string of the molecule is CCc1ccc(C(NN)c2ncccc2OC)o1. The molecule has 1 atom stereocenters. The van der Waals surface area contributed by atoms with Crippen LogP contribution in [0.25, 0.3) is 0 Å². The van der Waals surface area contributed by atoms with E-state index in [0.29, 0.717) is 11.4 Å². The number of aryl methyl sites for hydroxylation is 1. The molecule has 0 aromatic carbocycles. The molecule has 0 bridgehead atoms. The van der Waals surface area contributed by atoms with E-state index in [1.165, 1.54) is 0 Å². The lowest BCUT2D eigenvalue weighted by Crippen LogP contribution is -2.29. The van der Waals surface area contributed by atoms with Gasteiger partial charge < -0.3 is 9.15 Å². The summed E-state index contributed by atoms with van der Waals surface area (Å²) in [6, 6.07) is 7.18. The van der Waals surface area contributed by atoms with E-state index in [1.807, 2.05) is 31.2 Å².